The van der Waals surface area contributed by atoms with E-state index in [9.17, 15) is 9.18 Å². The van der Waals surface area contributed by atoms with Crippen LogP contribution in [0.1, 0.15) is 20.2 Å². The molecule has 0 aliphatic heterocycles. The van der Waals surface area contributed by atoms with Gasteiger partial charge >= 0.3 is 0 Å². The van der Waals surface area contributed by atoms with Gasteiger partial charge in [-0.25, -0.2) is 9.37 Å². The van der Waals surface area contributed by atoms with Crippen molar-refractivity contribution in [2.24, 2.45) is 5.73 Å². The number of amides is 1. The van der Waals surface area contributed by atoms with Crippen molar-refractivity contribution in [2.45, 2.75) is 6.92 Å². The molecule has 0 unspecified atom stereocenters. The number of thiazole rings is 1. The van der Waals surface area contributed by atoms with Crippen LogP contribution in [-0.4, -0.2) is 17.4 Å². The summed E-state index contributed by atoms with van der Waals surface area (Å²) < 4.78 is 13.8. The lowest BCUT2D eigenvalue weighted by Crippen LogP contribution is -2.11. The minimum absolute atomic E-state index is 0.111. The summed E-state index contributed by atoms with van der Waals surface area (Å²) in [4.78, 5) is 16.3. The molecule has 0 fully saturated rings. The molecule has 1 aromatic carbocycles. The molecule has 3 N–H and O–H groups in total. The van der Waals surface area contributed by atoms with Gasteiger partial charge in [0.2, 0.25) is 0 Å². The quantitative estimate of drug-likeness (QED) is 0.832. The first-order valence-electron chi connectivity index (χ1n) is 5.82. The van der Waals surface area contributed by atoms with E-state index in [1.54, 1.807) is 13.0 Å². The van der Waals surface area contributed by atoms with Gasteiger partial charge < -0.3 is 11.1 Å². The van der Waals surface area contributed by atoms with Crippen LogP contribution in [0.2, 0.25) is 0 Å². The number of benzene rings is 1. The minimum Gasteiger partial charge on any atom is -0.320 e. The highest BCUT2D eigenvalue weighted by molar-refractivity contribution is 7.13. The van der Waals surface area contributed by atoms with Crippen molar-refractivity contribution in [3.63, 3.8) is 0 Å². The molecule has 1 amide bonds. The highest BCUT2D eigenvalue weighted by Crippen LogP contribution is 2.18. The van der Waals surface area contributed by atoms with Gasteiger partial charge in [0.25, 0.3) is 5.91 Å². The average molecular weight is 289 g/mol. The highest BCUT2D eigenvalue weighted by atomic mass is 32.1. The molecule has 6 heteroatoms. The Hall–Kier alpha value is -2.23. The number of anilines is 1. The van der Waals surface area contributed by atoms with E-state index in [0.717, 1.165) is 5.01 Å². The van der Waals surface area contributed by atoms with Gasteiger partial charge in [0.1, 0.15) is 10.7 Å². The zero-order valence-corrected chi connectivity index (χ0v) is 11.6. The third-order valence-corrected chi connectivity index (χ3v) is 3.31. The maximum absolute atomic E-state index is 13.8. The molecule has 1 aromatic heterocycles. The summed E-state index contributed by atoms with van der Waals surface area (Å²) in [5.74, 6) is 4.44. The fourth-order valence-electron chi connectivity index (χ4n) is 1.50. The minimum atomic E-state index is -0.539. The lowest BCUT2D eigenvalue weighted by Gasteiger charge is -2.05. The monoisotopic (exact) mass is 289 g/mol. The summed E-state index contributed by atoms with van der Waals surface area (Å²) in [6, 6.07) is 4.36. The van der Waals surface area contributed by atoms with E-state index in [0.29, 0.717) is 10.4 Å². The SMILES string of the molecule is Cc1ncc(C(=O)Nc2ccc(C#CCN)cc2F)s1. The number of hydrogen-bond acceptors (Lipinski definition) is 4. The maximum atomic E-state index is 13.8. The fourth-order valence-corrected chi connectivity index (χ4v) is 2.17. The molecule has 0 saturated carbocycles. The van der Waals surface area contributed by atoms with E-state index in [4.69, 9.17) is 5.73 Å². The molecule has 0 bridgehead atoms. The Kier molecular flexibility index (Phi) is 4.45. The van der Waals surface area contributed by atoms with E-state index in [1.807, 2.05) is 0 Å². The maximum Gasteiger partial charge on any atom is 0.267 e. The van der Waals surface area contributed by atoms with Gasteiger partial charge in [-0.1, -0.05) is 11.8 Å². The molecule has 0 aliphatic rings. The van der Waals surface area contributed by atoms with Crippen molar-refractivity contribution in [3.05, 3.63) is 45.7 Å². The van der Waals surface area contributed by atoms with Crippen molar-refractivity contribution in [1.82, 2.24) is 4.98 Å². The van der Waals surface area contributed by atoms with Crippen LogP contribution in [-0.2, 0) is 0 Å². The van der Waals surface area contributed by atoms with Gasteiger partial charge in [0.05, 0.1) is 23.4 Å². The topological polar surface area (TPSA) is 68.0 Å². The number of carbonyl (C=O) groups is 1. The van der Waals surface area contributed by atoms with Crippen molar-refractivity contribution < 1.29 is 9.18 Å². The van der Waals surface area contributed by atoms with Crippen LogP contribution in [0.15, 0.2) is 24.4 Å². The molecule has 0 spiro atoms. The summed E-state index contributed by atoms with van der Waals surface area (Å²) in [6.07, 6.45) is 1.47. The molecule has 0 aliphatic carbocycles. The van der Waals surface area contributed by atoms with Crippen LogP contribution < -0.4 is 11.1 Å². The lowest BCUT2D eigenvalue weighted by atomic mass is 10.2. The summed E-state index contributed by atoms with van der Waals surface area (Å²) in [6.45, 7) is 2.01. The summed E-state index contributed by atoms with van der Waals surface area (Å²) in [7, 11) is 0. The average Bonchev–Trinajstić information content (AvgIpc) is 2.86. The Morgan fingerprint density at radius 2 is 2.35 bits per heavy atom. The Balaban J connectivity index is 2.16. The Labute approximate surface area is 119 Å². The van der Waals surface area contributed by atoms with Gasteiger partial charge in [-0.3, -0.25) is 4.79 Å². The van der Waals surface area contributed by atoms with E-state index in [-0.39, 0.29) is 18.1 Å². The van der Waals surface area contributed by atoms with Crippen molar-refractivity contribution >= 4 is 22.9 Å². The molecular formula is C14H12FN3OS. The number of nitrogens with zero attached hydrogens (tertiary/aromatic N) is 1. The van der Waals surface area contributed by atoms with Crippen molar-refractivity contribution in [1.29, 1.82) is 0 Å². The van der Waals surface area contributed by atoms with Crippen molar-refractivity contribution in [2.75, 3.05) is 11.9 Å². The van der Waals surface area contributed by atoms with E-state index < -0.39 is 5.82 Å². The van der Waals surface area contributed by atoms with Crippen LogP contribution in [0.25, 0.3) is 0 Å². The summed E-state index contributed by atoms with van der Waals surface area (Å²) in [5.41, 5.74) is 5.87. The number of halogens is 1. The zero-order valence-electron chi connectivity index (χ0n) is 10.7. The third kappa shape index (κ3) is 3.41. The molecule has 1 heterocycles. The first kappa shape index (κ1) is 14.2. The fraction of sp³-hybridized carbons (Fsp3) is 0.143. The van der Waals surface area contributed by atoms with Gasteiger partial charge in [0.15, 0.2) is 0 Å². The molecule has 20 heavy (non-hydrogen) atoms. The molecule has 102 valence electrons. The summed E-state index contributed by atoms with van der Waals surface area (Å²) >= 11 is 1.25. The standard InChI is InChI=1S/C14H12FN3OS/c1-9-17-8-13(20-9)14(19)18-12-5-4-10(3-2-6-16)7-11(12)15/h4-5,7-8H,6,16H2,1H3,(H,18,19). The van der Waals surface area contributed by atoms with Crippen molar-refractivity contribution in [3.8, 4) is 11.8 Å². The predicted octanol–water partition coefficient (Wildman–Crippen LogP) is 2.15. The lowest BCUT2D eigenvalue weighted by molar-refractivity contribution is 0.103. The number of rotatable bonds is 2. The van der Waals surface area contributed by atoms with Crippen LogP contribution in [0, 0.1) is 24.6 Å². The second-order valence-electron chi connectivity index (χ2n) is 3.90. The van der Waals surface area contributed by atoms with E-state index in [2.05, 4.69) is 22.1 Å². The first-order valence-corrected chi connectivity index (χ1v) is 6.64. The molecule has 0 saturated heterocycles. The largest absolute Gasteiger partial charge is 0.320 e. The third-order valence-electron chi connectivity index (χ3n) is 2.40. The van der Waals surface area contributed by atoms with Crippen LogP contribution in [0.4, 0.5) is 10.1 Å². The highest BCUT2D eigenvalue weighted by Gasteiger charge is 2.11. The Morgan fingerprint density at radius 3 is 2.95 bits per heavy atom. The normalized spacial score (nSPS) is 9.75. The van der Waals surface area contributed by atoms with E-state index >= 15 is 0 Å². The van der Waals surface area contributed by atoms with Gasteiger partial charge in [-0.2, -0.15) is 0 Å². The van der Waals surface area contributed by atoms with E-state index in [1.165, 1.54) is 29.7 Å². The van der Waals surface area contributed by atoms with Gasteiger partial charge in [-0.15, -0.1) is 11.3 Å². The second kappa shape index (κ2) is 6.28. The van der Waals surface area contributed by atoms with Crippen LogP contribution in [0.3, 0.4) is 0 Å². The number of nitrogens with two attached hydrogens (primary N) is 1. The Bertz CT molecular complexity index is 700. The predicted molar refractivity (Wildman–Crippen MR) is 77.1 cm³/mol. The summed E-state index contributed by atoms with van der Waals surface area (Å²) in [5, 5.41) is 3.29. The van der Waals surface area contributed by atoms with Crippen LogP contribution >= 0.6 is 11.3 Å². The number of hydrogen-bond donors (Lipinski definition) is 2. The molecular weight excluding hydrogens is 277 g/mol. The smallest absolute Gasteiger partial charge is 0.267 e. The number of nitrogens with one attached hydrogen (secondary N) is 1. The van der Waals surface area contributed by atoms with Gasteiger partial charge in [-0.05, 0) is 25.1 Å². The molecule has 2 rings (SSSR count). The number of aromatic nitrogens is 1. The second-order valence-corrected chi connectivity index (χ2v) is 5.13. The molecule has 0 atom stereocenters. The van der Waals surface area contributed by atoms with Gasteiger partial charge in [0, 0.05) is 5.56 Å². The Morgan fingerprint density at radius 1 is 1.55 bits per heavy atom. The molecule has 4 nitrogen and oxygen atoms in total. The number of aryl methyl sites for hydroxylation is 1. The van der Waals surface area contributed by atoms with Crippen LogP contribution in [0.5, 0.6) is 0 Å². The zero-order chi connectivity index (χ0) is 14.5. The molecule has 0 radical (unpaired) electrons. The molecule has 2 aromatic rings. The number of carbonyl (C=O) groups excluding carboxylic acids is 1. The first-order chi connectivity index (χ1) is 9.60.